The molecule has 0 radical (unpaired) electrons. The highest BCUT2D eigenvalue weighted by Gasteiger charge is 2.24. The van der Waals surface area contributed by atoms with E-state index in [1.165, 1.54) is 6.07 Å². The maximum Gasteiger partial charge on any atom is 0.378 e. The van der Waals surface area contributed by atoms with Crippen LogP contribution in [0.3, 0.4) is 0 Å². The zero-order valence-corrected chi connectivity index (χ0v) is 12.4. The summed E-state index contributed by atoms with van der Waals surface area (Å²) in [5, 5.41) is 17.6. The quantitative estimate of drug-likeness (QED) is 0.554. The molecular weight excluding hydrogens is 314 g/mol. The third kappa shape index (κ3) is 2.88. The Morgan fingerprint density at radius 2 is 2.05 bits per heavy atom. The van der Waals surface area contributed by atoms with Crippen LogP contribution < -0.4 is 5.69 Å². The standard InChI is InChI=1S/C11H13N5O5S/c1-2-3-7-14-11(17)15(13-12-14)22(20,21)10-6-4-5-9(8-10)16(18)19/h4-6,8H,2-3,7H2,1H3. The van der Waals surface area contributed by atoms with Gasteiger partial charge in [-0.1, -0.05) is 23.5 Å². The normalized spacial score (nSPS) is 11.5. The summed E-state index contributed by atoms with van der Waals surface area (Å²) in [5.41, 5.74) is -1.30. The van der Waals surface area contributed by atoms with Gasteiger partial charge in [0.2, 0.25) is 0 Å². The van der Waals surface area contributed by atoms with Crippen LogP contribution in [0.25, 0.3) is 0 Å². The Morgan fingerprint density at radius 1 is 1.32 bits per heavy atom. The summed E-state index contributed by atoms with van der Waals surface area (Å²) >= 11 is 0. The minimum atomic E-state index is -4.32. The number of rotatable bonds is 6. The monoisotopic (exact) mass is 327 g/mol. The summed E-state index contributed by atoms with van der Waals surface area (Å²) in [6.45, 7) is 2.16. The molecule has 2 aromatic rings. The number of non-ortho nitro benzene ring substituents is 1. The average Bonchev–Trinajstić information content (AvgIpc) is 2.87. The number of benzene rings is 1. The molecule has 0 saturated carbocycles. The third-order valence-corrected chi connectivity index (χ3v) is 4.43. The Bertz CT molecular complexity index is 854. The van der Waals surface area contributed by atoms with Gasteiger partial charge in [0.05, 0.1) is 9.82 Å². The molecule has 0 aliphatic carbocycles. The van der Waals surface area contributed by atoms with Crippen LogP contribution in [0.2, 0.25) is 0 Å². The van der Waals surface area contributed by atoms with Crippen molar-refractivity contribution in [1.29, 1.82) is 0 Å². The fourth-order valence-electron chi connectivity index (χ4n) is 1.72. The van der Waals surface area contributed by atoms with Crippen molar-refractivity contribution in [3.8, 4) is 0 Å². The second kappa shape index (κ2) is 6.05. The van der Waals surface area contributed by atoms with Crippen LogP contribution >= 0.6 is 0 Å². The molecule has 22 heavy (non-hydrogen) atoms. The number of hydrogen-bond donors (Lipinski definition) is 0. The molecule has 2 rings (SSSR count). The number of nitro groups is 1. The number of nitro benzene ring substituents is 1. The molecule has 1 aromatic heterocycles. The highest BCUT2D eigenvalue weighted by Crippen LogP contribution is 2.18. The van der Waals surface area contributed by atoms with E-state index in [1.807, 2.05) is 6.92 Å². The lowest BCUT2D eigenvalue weighted by Crippen LogP contribution is -2.30. The molecular formula is C11H13N5O5S. The van der Waals surface area contributed by atoms with Crippen molar-refractivity contribution < 1.29 is 13.3 Å². The van der Waals surface area contributed by atoms with Crippen LogP contribution in [0.5, 0.6) is 0 Å². The Morgan fingerprint density at radius 3 is 2.68 bits per heavy atom. The Labute approximate surface area is 125 Å². The summed E-state index contributed by atoms with van der Waals surface area (Å²) in [5.74, 6) is 0. The maximum absolute atomic E-state index is 12.3. The number of hydrogen-bond acceptors (Lipinski definition) is 7. The van der Waals surface area contributed by atoms with Crippen molar-refractivity contribution in [3.05, 3.63) is 44.9 Å². The van der Waals surface area contributed by atoms with Crippen LogP contribution in [0.1, 0.15) is 19.8 Å². The van der Waals surface area contributed by atoms with Gasteiger partial charge in [0, 0.05) is 18.7 Å². The highest BCUT2D eigenvalue weighted by molar-refractivity contribution is 7.89. The molecule has 0 spiro atoms. The van der Waals surface area contributed by atoms with Crippen LogP contribution in [0.4, 0.5) is 5.69 Å². The first kappa shape index (κ1) is 15.8. The van der Waals surface area contributed by atoms with E-state index in [4.69, 9.17) is 0 Å². The predicted molar refractivity (Wildman–Crippen MR) is 74.9 cm³/mol. The zero-order chi connectivity index (χ0) is 16.3. The van der Waals surface area contributed by atoms with Crippen LogP contribution in [-0.4, -0.2) is 32.5 Å². The van der Waals surface area contributed by atoms with Crippen LogP contribution in [0.15, 0.2) is 34.0 Å². The van der Waals surface area contributed by atoms with Gasteiger partial charge < -0.3 is 0 Å². The summed E-state index contributed by atoms with van der Waals surface area (Å²) in [7, 11) is -4.32. The summed E-state index contributed by atoms with van der Waals surface area (Å²) < 4.78 is 25.9. The molecule has 0 unspecified atom stereocenters. The topological polar surface area (TPSA) is 130 Å². The third-order valence-electron chi connectivity index (χ3n) is 2.89. The predicted octanol–water partition coefficient (Wildman–Crippen LogP) is 0.385. The average molecular weight is 327 g/mol. The molecule has 1 aromatic carbocycles. The number of nitrogens with zero attached hydrogens (tertiary/aromatic N) is 5. The molecule has 0 aliphatic rings. The Hall–Kier alpha value is -2.56. The number of aryl methyl sites for hydroxylation is 1. The lowest BCUT2D eigenvalue weighted by molar-refractivity contribution is -0.385. The van der Waals surface area contributed by atoms with Crippen LogP contribution in [-0.2, 0) is 16.6 Å². The second-order valence-corrected chi connectivity index (χ2v) is 6.21. The first-order valence-electron chi connectivity index (χ1n) is 6.40. The van der Waals surface area contributed by atoms with Gasteiger partial charge in [-0.25, -0.2) is 4.79 Å². The SMILES string of the molecule is CCCCn1nnn(S(=O)(=O)c2cccc([N+](=O)[O-])c2)c1=O. The van der Waals surface area contributed by atoms with E-state index < -0.39 is 31.2 Å². The number of aromatic nitrogens is 4. The molecule has 0 amide bonds. The van der Waals surface area contributed by atoms with Gasteiger partial charge in [-0.05, 0) is 22.9 Å². The Balaban J connectivity index is 2.47. The highest BCUT2D eigenvalue weighted by atomic mass is 32.2. The van der Waals surface area contributed by atoms with E-state index in [0.717, 1.165) is 29.3 Å². The van der Waals surface area contributed by atoms with Crippen molar-refractivity contribution in [2.45, 2.75) is 31.2 Å². The molecule has 0 N–H and O–H groups in total. The van der Waals surface area contributed by atoms with E-state index in [1.54, 1.807) is 0 Å². The lowest BCUT2D eigenvalue weighted by Gasteiger charge is -2.01. The van der Waals surface area contributed by atoms with E-state index in [-0.39, 0.29) is 10.6 Å². The van der Waals surface area contributed by atoms with Gasteiger partial charge in [0.15, 0.2) is 0 Å². The molecule has 0 aliphatic heterocycles. The smallest absolute Gasteiger partial charge is 0.258 e. The minimum Gasteiger partial charge on any atom is -0.258 e. The molecule has 1 heterocycles. The van der Waals surface area contributed by atoms with Gasteiger partial charge in [-0.15, -0.1) is 0 Å². The largest absolute Gasteiger partial charge is 0.378 e. The maximum atomic E-state index is 12.3. The number of tetrazole rings is 1. The second-order valence-electron chi connectivity index (χ2n) is 4.44. The molecule has 11 heteroatoms. The van der Waals surface area contributed by atoms with Gasteiger partial charge in [0.1, 0.15) is 0 Å². The van der Waals surface area contributed by atoms with E-state index in [9.17, 15) is 23.3 Å². The van der Waals surface area contributed by atoms with Gasteiger partial charge in [0.25, 0.3) is 15.7 Å². The fraction of sp³-hybridized carbons (Fsp3) is 0.364. The Kier molecular flexibility index (Phi) is 4.35. The van der Waals surface area contributed by atoms with E-state index in [2.05, 4.69) is 10.4 Å². The lowest BCUT2D eigenvalue weighted by atomic mass is 10.3. The van der Waals surface area contributed by atoms with Gasteiger partial charge in [-0.3, -0.25) is 10.1 Å². The molecule has 0 fully saturated rings. The van der Waals surface area contributed by atoms with E-state index in [0.29, 0.717) is 6.42 Å². The van der Waals surface area contributed by atoms with Crippen molar-refractivity contribution in [3.63, 3.8) is 0 Å². The molecule has 0 saturated heterocycles. The summed E-state index contributed by atoms with van der Waals surface area (Å²) in [4.78, 5) is 21.6. The minimum absolute atomic E-state index is 0.238. The van der Waals surface area contributed by atoms with Gasteiger partial charge >= 0.3 is 5.69 Å². The van der Waals surface area contributed by atoms with E-state index >= 15 is 0 Å². The zero-order valence-electron chi connectivity index (χ0n) is 11.6. The first-order valence-corrected chi connectivity index (χ1v) is 7.84. The fourth-order valence-corrected chi connectivity index (χ4v) is 2.86. The van der Waals surface area contributed by atoms with Crippen molar-refractivity contribution >= 4 is 15.7 Å². The van der Waals surface area contributed by atoms with Crippen molar-refractivity contribution in [1.82, 2.24) is 19.2 Å². The van der Waals surface area contributed by atoms with Crippen molar-refractivity contribution in [2.75, 3.05) is 0 Å². The first-order chi connectivity index (χ1) is 10.4. The summed E-state index contributed by atoms with van der Waals surface area (Å²) in [6, 6.07) is 4.39. The molecule has 0 atom stereocenters. The molecule has 118 valence electrons. The van der Waals surface area contributed by atoms with Crippen molar-refractivity contribution in [2.24, 2.45) is 0 Å². The molecule has 0 bridgehead atoms. The summed E-state index contributed by atoms with van der Waals surface area (Å²) in [6.07, 6.45) is 1.45. The number of unbranched alkanes of at least 4 members (excludes halogenated alkanes) is 1. The van der Waals surface area contributed by atoms with Crippen LogP contribution in [0, 0.1) is 10.1 Å². The van der Waals surface area contributed by atoms with Gasteiger partial charge in [-0.2, -0.15) is 13.1 Å². The molecule has 10 nitrogen and oxygen atoms in total.